The van der Waals surface area contributed by atoms with Crippen molar-refractivity contribution >= 4 is 17.7 Å². The molecular weight excluding hydrogens is 256 g/mol. The van der Waals surface area contributed by atoms with E-state index in [9.17, 15) is 4.79 Å². The maximum atomic E-state index is 12.1. The van der Waals surface area contributed by atoms with Gasteiger partial charge in [0.15, 0.2) is 0 Å². The van der Waals surface area contributed by atoms with Crippen LogP contribution in [0.1, 0.15) is 28.8 Å². The van der Waals surface area contributed by atoms with E-state index in [0.29, 0.717) is 18.2 Å². The van der Waals surface area contributed by atoms with Gasteiger partial charge in [-0.15, -0.1) is 0 Å². The third kappa shape index (κ3) is 4.30. The molecule has 100 valence electrons. The van der Waals surface area contributed by atoms with Crippen LogP contribution in [0.3, 0.4) is 0 Å². The van der Waals surface area contributed by atoms with E-state index < -0.39 is 0 Å². The SMILES string of the molecule is NCC#Cc1ccc(C(=O)NC2CCSCC2)cc1. The van der Waals surface area contributed by atoms with Gasteiger partial charge in [-0.3, -0.25) is 4.79 Å². The Morgan fingerprint density at radius 3 is 2.63 bits per heavy atom. The number of carbonyl (C=O) groups excluding carboxylic acids is 1. The van der Waals surface area contributed by atoms with Crippen molar-refractivity contribution in [2.24, 2.45) is 5.73 Å². The van der Waals surface area contributed by atoms with Crippen LogP contribution < -0.4 is 11.1 Å². The summed E-state index contributed by atoms with van der Waals surface area (Å²) in [6.45, 7) is 0.349. The summed E-state index contributed by atoms with van der Waals surface area (Å²) in [5.74, 6) is 8.02. The minimum atomic E-state index is 0.00948. The Balaban J connectivity index is 1.95. The van der Waals surface area contributed by atoms with Gasteiger partial charge in [-0.05, 0) is 48.6 Å². The molecule has 1 aromatic rings. The van der Waals surface area contributed by atoms with E-state index in [-0.39, 0.29) is 5.91 Å². The zero-order chi connectivity index (χ0) is 13.5. The Kier molecular flexibility index (Phi) is 5.31. The molecule has 1 fully saturated rings. The van der Waals surface area contributed by atoms with E-state index in [1.54, 1.807) is 0 Å². The summed E-state index contributed by atoms with van der Waals surface area (Å²) in [7, 11) is 0. The Morgan fingerprint density at radius 2 is 2.00 bits per heavy atom. The Labute approximate surface area is 118 Å². The molecule has 1 saturated heterocycles. The van der Waals surface area contributed by atoms with Crippen molar-refractivity contribution in [3.05, 3.63) is 35.4 Å². The van der Waals surface area contributed by atoms with E-state index >= 15 is 0 Å². The third-order valence-electron chi connectivity index (χ3n) is 3.04. The fourth-order valence-corrected chi connectivity index (χ4v) is 3.08. The summed E-state index contributed by atoms with van der Waals surface area (Å²) >= 11 is 1.95. The molecule has 4 heteroatoms. The number of carbonyl (C=O) groups is 1. The first-order chi connectivity index (χ1) is 9.29. The highest BCUT2D eigenvalue weighted by molar-refractivity contribution is 7.99. The summed E-state index contributed by atoms with van der Waals surface area (Å²) in [5, 5.41) is 3.09. The molecule has 0 aromatic heterocycles. The predicted molar refractivity (Wildman–Crippen MR) is 80.2 cm³/mol. The summed E-state index contributed by atoms with van der Waals surface area (Å²) in [6.07, 6.45) is 2.13. The maximum absolute atomic E-state index is 12.1. The molecule has 1 aliphatic rings. The van der Waals surface area contributed by atoms with Crippen LogP contribution in [0.5, 0.6) is 0 Å². The highest BCUT2D eigenvalue weighted by atomic mass is 32.2. The van der Waals surface area contributed by atoms with E-state index in [4.69, 9.17) is 5.73 Å². The van der Waals surface area contributed by atoms with Gasteiger partial charge < -0.3 is 11.1 Å². The fraction of sp³-hybridized carbons (Fsp3) is 0.400. The van der Waals surface area contributed by atoms with Crippen LogP contribution >= 0.6 is 11.8 Å². The summed E-state index contributed by atoms with van der Waals surface area (Å²) in [6, 6.07) is 7.66. The molecule has 2 rings (SSSR count). The van der Waals surface area contributed by atoms with Gasteiger partial charge in [0, 0.05) is 17.2 Å². The normalized spacial score (nSPS) is 15.4. The van der Waals surface area contributed by atoms with Crippen LogP contribution in [0.4, 0.5) is 0 Å². The van der Waals surface area contributed by atoms with Crippen molar-refractivity contribution in [2.75, 3.05) is 18.1 Å². The molecule has 3 N–H and O–H groups in total. The molecule has 1 amide bonds. The molecule has 3 nitrogen and oxygen atoms in total. The summed E-state index contributed by atoms with van der Waals surface area (Å²) in [4.78, 5) is 12.1. The second-order valence-corrected chi connectivity index (χ2v) is 5.67. The van der Waals surface area contributed by atoms with Crippen molar-refractivity contribution in [1.82, 2.24) is 5.32 Å². The van der Waals surface area contributed by atoms with Crippen LogP contribution in [0.25, 0.3) is 0 Å². The van der Waals surface area contributed by atoms with Crippen LogP contribution in [-0.4, -0.2) is 30.0 Å². The average Bonchev–Trinajstić information content (AvgIpc) is 2.46. The fourth-order valence-electron chi connectivity index (χ4n) is 1.97. The molecule has 0 bridgehead atoms. The van der Waals surface area contributed by atoms with Gasteiger partial charge in [-0.2, -0.15) is 11.8 Å². The Bertz CT molecular complexity index is 481. The predicted octanol–water partition coefficient (Wildman–Crippen LogP) is 1.62. The van der Waals surface area contributed by atoms with E-state index in [2.05, 4.69) is 17.2 Å². The largest absolute Gasteiger partial charge is 0.349 e. The summed E-state index contributed by atoms with van der Waals surface area (Å²) in [5.41, 5.74) is 6.90. The topological polar surface area (TPSA) is 55.1 Å². The number of rotatable bonds is 2. The smallest absolute Gasteiger partial charge is 0.251 e. The lowest BCUT2D eigenvalue weighted by molar-refractivity contribution is 0.0935. The molecule has 1 aromatic carbocycles. The van der Waals surface area contributed by atoms with Gasteiger partial charge in [-0.25, -0.2) is 0 Å². The lowest BCUT2D eigenvalue weighted by Crippen LogP contribution is -2.37. The molecule has 19 heavy (non-hydrogen) atoms. The molecule has 0 unspecified atom stereocenters. The third-order valence-corrected chi connectivity index (χ3v) is 4.09. The number of amides is 1. The van der Waals surface area contributed by atoms with Gasteiger partial charge in [0.1, 0.15) is 0 Å². The number of hydrogen-bond donors (Lipinski definition) is 2. The highest BCUT2D eigenvalue weighted by Crippen LogP contribution is 2.17. The van der Waals surface area contributed by atoms with Crippen molar-refractivity contribution in [2.45, 2.75) is 18.9 Å². The Hall–Kier alpha value is -1.44. The lowest BCUT2D eigenvalue weighted by Gasteiger charge is -2.22. The van der Waals surface area contributed by atoms with Gasteiger partial charge in [-0.1, -0.05) is 11.8 Å². The van der Waals surface area contributed by atoms with E-state index in [1.807, 2.05) is 36.0 Å². The van der Waals surface area contributed by atoms with Gasteiger partial charge >= 0.3 is 0 Å². The summed E-state index contributed by atoms with van der Waals surface area (Å²) < 4.78 is 0. The first kappa shape index (κ1) is 14.0. The van der Waals surface area contributed by atoms with Crippen LogP contribution in [0.2, 0.25) is 0 Å². The zero-order valence-corrected chi connectivity index (χ0v) is 11.6. The minimum absolute atomic E-state index is 0.00948. The van der Waals surface area contributed by atoms with Crippen LogP contribution in [-0.2, 0) is 0 Å². The van der Waals surface area contributed by atoms with Crippen LogP contribution in [0, 0.1) is 11.8 Å². The lowest BCUT2D eigenvalue weighted by atomic mass is 10.1. The highest BCUT2D eigenvalue weighted by Gasteiger charge is 2.16. The maximum Gasteiger partial charge on any atom is 0.251 e. The molecule has 0 saturated carbocycles. The quantitative estimate of drug-likeness (QED) is 0.806. The molecular formula is C15H18N2OS. The van der Waals surface area contributed by atoms with Crippen molar-refractivity contribution < 1.29 is 4.79 Å². The molecule has 0 aliphatic carbocycles. The zero-order valence-electron chi connectivity index (χ0n) is 10.8. The van der Waals surface area contributed by atoms with Crippen molar-refractivity contribution in [1.29, 1.82) is 0 Å². The van der Waals surface area contributed by atoms with Crippen LogP contribution in [0.15, 0.2) is 24.3 Å². The second kappa shape index (κ2) is 7.22. The monoisotopic (exact) mass is 274 g/mol. The van der Waals surface area contributed by atoms with E-state index in [1.165, 1.54) is 0 Å². The first-order valence-electron chi connectivity index (χ1n) is 6.47. The van der Waals surface area contributed by atoms with Gasteiger partial charge in [0.2, 0.25) is 0 Å². The average molecular weight is 274 g/mol. The minimum Gasteiger partial charge on any atom is -0.349 e. The van der Waals surface area contributed by atoms with E-state index in [0.717, 1.165) is 29.9 Å². The molecule has 1 heterocycles. The molecule has 0 atom stereocenters. The van der Waals surface area contributed by atoms with Crippen molar-refractivity contribution in [3.8, 4) is 11.8 Å². The standard InChI is InChI=1S/C15H18N2OS/c16-9-1-2-12-3-5-13(6-4-12)15(18)17-14-7-10-19-11-8-14/h3-6,14H,7-11,16H2,(H,17,18). The second-order valence-electron chi connectivity index (χ2n) is 4.44. The number of hydrogen-bond acceptors (Lipinski definition) is 3. The molecule has 1 aliphatic heterocycles. The number of benzene rings is 1. The van der Waals surface area contributed by atoms with Gasteiger partial charge in [0.05, 0.1) is 6.54 Å². The number of nitrogens with two attached hydrogens (primary N) is 1. The Morgan fingerprint density at radius 1 is 1.32 bits per heavy atom. The van der Waals surface area contributed by atoms with Gasteiger partial charge in [0.25, 0.3) is 5.91 Å². The number of thioether (sulfide) groups is 1. The molecule has 0 spiro atoms. The number of nitrogens with one attached hydrogen (secondary N) is 1. The van der Waals surface area contributed by atoms with Crippen molar-refractivity contribution in [3.63, 3.8) is 0 Å². The first-order valence-corrected chi connectivity index (χ1v) is 7.62. The molecule has 0 radical (unpaired) electrons.